The molecule has 0 bridgehead atoms. The molecular weight excluding hydrogens is 528 g/mol. The van der Waals surface area contributed by atoms with Gasteiger partial charge in [-0.15, -0.1) is 0 Å². The predicted octanol–water partition coefficient (Wildman–Crippen LogP) is 3.10. The molecule has 12 nitrogen and oxygen atoms in total. The quantitative estimate of drug-likeness (QED) is 0.197. The summed E-state index contributed by atoms with van der Waals surface area (Å²) in [5.41, 5.74) is 0.132. The second-order valence-corrected chi connectivity index (χ2v) is 10.7. The predicted molar refractivity (Wildman–Crippen MR) is 147 cm³/mol. The minimum atomic E-state index is -4.11. The number of ether oxygens (including phenoxy) is 2. The van der Waals surface area contributed by atoms with Gasteiger partial charge in [-0.2, -0.15) is 0 Å². The number of non-ortho nitro benzene ring substituents is 1. The van der Waals surface area contributed by atoms with E-state index in [1.807, 2.05) is 6.92 Å². The van der Waals surface area contributed by atoms with Gasteiger partial charge in [-0.05, 0) is 36.6 Å². The first-order valence-corrected chi connectivity index (χ1v) is 14.3. The molecule has 2 rings (SSSR count). The van der Waals surface area contributed by atoms with E-state index in [-0.39, 0.29) is 36.0 Å². The number of hydrogen-bond acceptors (Lipinski definition) is 8. The normalized spacial score (nSPS) is 11.8. The van der Waals surface area contributed by atoms with Crippen LogP contribution in [0.1, 0.15) is 38.7 Å². The molecule has 0 aliphatic heterocycles. The number of nitrogens with zero attached hydrogens (tertiary/aromatic N) is 3. The second kappa shape index (κ2) is 14.3. The fourth-order valence-electron chi connectivity index (χ4n) is 3.97. The molecule has 0 heterocycles. The largest absolute Gasteiger partial charge is 0.497 e. The van der Waals surface area contributed by atoms with Gasteiger partial charge in [0.15, 0.2) is 0 Å². The molecule has 0 aliphatic rings. The highest BCUT2D eigenvalue weighted by atomic mass is 32.2. The highest BCUT2D eigenvalue weighted by Gasteiger charge is 2.33. The van der Waals surface area contributed by atoms with Crippen molar-refractivity contribution in [2.24, 2.45) is 0 Å². The molecule has 0 saturated carbocycles. The summed E-state index contributed by atoms with van der Waals surface area (Å²) in [7, 11) is -1.32. The number of carbonyl (C=O) groups is 2. The molecule has 1 unspecified atom stereocenters. The molecule has 214 valence electrons. The number of anilines is 1. The lowest BCUT2D eigenvalue weighted by molar-refractivity contribution is -0.384. The third kappa shape index (κ3) is 8.57. The van der Waals surface area contributed by atoms with Crippen molar-refractivity contribution < 1.29 is 32.4 Å². The van der Waals surface area contributed by atoms with Crippen molar-refractivity contribution in [1.29, 1.82) is 0 Å². The number of amides is 2. The molecule has 13 heteroatoms. The van der Waals surface area contributed by atoms with E-state index in [4.69, 9.17) is 9.47 Å². The topological polar surface area (TPSA) is 148 Å². The fourth-order valence-corrected chi connectivity index (χ4v) is 4.82. The number of unbranched alkanes of at least 4 members (excludes halogenated alkanes) is 1. The summed E-state index contributed by atoms with van der Waals surface area (Å²) in [6, 6.07) is 9.55. The van der Waals surface area contributed by atoms with Gasteiger partial charge in [0, 0.05) is 25.2 Å². The van der Waals surface area contributed by atoms with Crippen molar-refractivity contribution in [3.8, 4) is 11.5 Å². The van der Waals surface area contributed by atoms with Crippen LogP contribution in [0.2, 0.25) is 0 Å². The van der Waals surface area contributed by atoms with Gasteiger partial charge in [-0.1, -0.05) is 32.4 Å². The average molecular weight is 565 g/mol. The molecule has 39 heavy (non-hydrogen) atoms. The maximum atomic E-state index is 13.8. The molecule has 0 radical (unpaired) electrons. The van der Waals surface area contributed by atoms with Gasteiger partial charge in [0.05, 0.1) is 25.4 Å². The third-order valence-electron chi connectivity index (χ3n) is 6.02. The van der Waals surface area contributed by atoms with Gasteiger partial charge in [0.2, 0.25) is 21.8 Å². The lowest BCUT2D eigenvalue weighted by Gasteiger charge is -2.33. The minimum Gasteiger partial charge on any atom is -0.497 e. The van der Waals surface area contributed by atoms with Crippen LogP contribution in [0.25, 0.3) is 0 Å². The maximum absolute atomic E-state index is 13.8. The van der Waals surface area contributed by atoms with Gasteiger partial charge in [-0.3, -0.25) is 24.0 Å². The molecule has 0 spiro atoms. The average Bonchev–Trinajstić information content (AvgIpc) is 2.90. The first-order valence-electron chi connectivity index (χ1n) is 12.5. The Hall–Kier alpha value is -3.87. The monoisotopic (exact) mass is 564 g/mol. The summed E-state index contributed by atoms with van der Waals surface area (Å²) in [6.45, 7) is 3.48. The van der Waals surface area contributed by atoms with Crippen LogP contribution in [-0.4, -0.2) is 69.7 Å². The molecule has 2 aromatic rings. The zero-order valence-electron chi connectivity index (χ0n) is 22.9. The molecule has 0 aliphatic carbocycles. The third-order valence-corrected chi connectivity index (χ3v) is 7.15. The molecule has 2 amide bonds. The van der Waals surface area contributed by atoms with E-state index in [2.05, 4.69) is 5.32 Å². The summed E-state index contributed by atoms with van der Waals surface area (Å²) >= 11 is 0. The summed E-state index contributed by atoms with van der Waals surface area (Å²) in [4.78, 5) is 39.0. The van der Waals surface area contributed by atoms with E-state index in [1.165, 1.54) is 31.3 Å². The van der Waals surface area contributed by atoms with Gasteiger partial charge in [-0.25, -0.2) is 8.42 Å². The van der Waals surface area contributed by atoms with Crippen molar-refractivity contribution in [3.63, 3.8) is 0 Å². The van der Waals surface area contributed by atoms with Crippen molar-refractivity contribution in [2.75, 3.05) is 37.9 Å². The van der Waals surface area contributed by atoms with Crippen LogP contribution in [0.5, 0.6) is 11.5 Å². The van der Waals surface area contributed by atoms with Crippen molar-refractivity contribution >= 4 is 33.2 Å². The fraction of sp³-hybridized carbons (Fsp3) is 0.462. The highest BCUT2D eigenvalue weighted by Crippen LogP contribution is 2.34. The first-order chi connectivity index (χ1) is 18.5. The number of methoxy groups -OCH3 is 2. The van der Waals surface area contributed by atoms with Crippen LogP contribution in [0.3, 0.4) is 0 Å². The number of nitrogens with one attached hydrogen (secondary N) is 1. The number of benzene rings is 2. The maximum Gasteiger partial charge on any atom is 0.271 e. The van der Waals surface area contributed by atoms with Crippen LogP contribution in [0, 0.1) is 10.1 Å². The van der Waals surface area contributed by atoms with Crippen LogP contribution >= 0.6 is 0 Å². The summed E-state index contributed by atoms with van der Waals surface area (Å²) in [5, 5.41) is 14.2. The standard InChI is InChI=1S/C26H36N4O8S/c1-6-8-14-27-26(32)22(7-2)28(17-19-10-9-11-21(15-19)37-3)25(31)18-29(39(5,35)36)23-16-20(30(33)34)12-13-24(23)38-4/h9-13,15-16,22H,6-8,14,17-18H2,1-5H3,(H,27,32). The van der Waals surface area contributed by atoms with E-state index in [9.17, 15) is 28.1 Å². The van der Waals surface area contributed by atoms with Crippen molar-refractivity contribution in [3.05, 3.63) is 58.1 Å². The van der Waals surface area contributed by atoms with Crippen LogP contribution in [-0.2, 0) is 26.2 Å². The lowest BCUT2D eigenvalue weighted by Crippen LogP contribution is -2.52. The Morgan fingerprint density at radius 3 is 2.38 bits per heavy atom. The smallest absolute Gasteiger partial charge is 0.271 e. The Balaban J connectivity index is 2.54. The van der Waals surface area contributed by atoms with E-state index in [1.54, 1.807) is 31.2 Å². The molecule has 2 aromatic carbocycles. The number of hydrogen-bond donors (Lipinski definition) is 1. The minimum absolute atomic E-state index is 0.000583. The van der Waals surface area contributed by atoms with E-state index < -0.39 is 33.4 Å². The van der Waals surface area contributed by atoms with Crippen LogP contribution in [0.4, 0.5) is 11.4 Å². The Labute approximate surface area is 229 Å². The highest BCUT2D eigenvalue weighted by molar-refractivity contribution is 7.92. The number of carbonyl (C=O) groups excluding carboxylic acids is 2. The van der Waals surface area contributed by atoms with Crippen molar-refractivity contribution in [1.82, 2.24) is 10.2 Å². The van der Waals surface area contributed by atoms with Gasteiger partial charge < -0.3 is 19.7 Å². The first kappa shape index (κ1) is 31.3. The van der Waals surface area contributed by atoms with E-state index in [0.29, 0.717) is 17.9 Å². The Morgan fingerprint density at radius 2 is 1.82 bits per heavy atom. The number of sulfonamides is 1. The molecule has 0 aromatic heterocycles. The molecular formula is C26H36N4O8S. The summed E-state index contributed by atoms with van der Waals surface area (Å²) < 4.78 is 37.0. The van der Waals surface area contributed by atoms with Crippen molar-refractivity contribution in [2.45, 2.75) is 45.7 Å². The Morgan fingerprint density at radius 1 is 1.10 bits per heavy atom. The summed E-state index contributed by atoms with van der Waals surface area (Å²) in [6.07, 6.45) is 2.80. The molecule has 1 N–H and O–H groups in total. The van der Waals surface area contributed by atoms with Gasteiger partial charge in [0.1, 0.15) is 29.8 Å². The zero-order valence-corrected chi connectivity index (χ0v) is 23.7. The van der Waals surface area contributed by atoms with Crippen LogP contribution in [0.15, 0.2) is 42.5 Å². The number of nitro groups is 1. The Kier molecular flexibility index (Phi) is 11.5. The summed E-state index contributed by atoms with van der Waals surface area (Å²) in [5.74, 6) is -0.447. The molecule has 1 atom stereocenters. The number of nitro benzene ring substituents is 1. The second-order valence-electron chi connectivity index (χ2n) is 8.82. The van der Waals surface area contributed by atoms with Gasteiger partial charge >= 0.3 is 0 Å². The SMILES string of the molecule is CCCCNC(=O)C(CC)N(Cc1cccc(OC)c1)C(=O)CN(c1cc([N+](=O)[O-])ccc1OC)S(C)(=O)=O. The van der Waals surface area contributed by atoms with Crippen LogP contribution < -0.4 is 19.1 Å². The van der Waals surface area contributed by atoms with E-state index >= 15 is 0 Å². The van der Waals surface area contributed by atoms with Gasteiger partial charge in [0.25, 0.3) is 5.69 Å². The molecule has 0 saturated heterocycles. The molecule has 0 fully saturated rings. The Bertz CT molecular complexity index is 1270. The number of rotatable bonds is 15. The zero-order chi connectivity index (χ0) is 29.2. The lowest BCUT2D eigenvalue weighted by atomic mass is 10.1. The van der Waals surface area contributed by atoms with E-state index in [0.717, 1.165) is 29.5 Å².